The minimum atomic E-state index is 0.354. The lowest BCUT2D eigenvalue weighted by molar-refractivity contribution is 0.0107. The number of unbranched alkanes of at least 4 members (excludes halogenated alkanes) is 1. The first-order valence-electron chi connectivity index (χ1n) is 13.3. The van der Waals surface area contributed by atoms with Gasteiger partial charge in [0.25, 0.3) is 0 Å². The van der Waals surface area contributed by atoms with E-state index in [1.807, 2.05) is 0 Å². The van der Waals surface area contributed by atoms with Crippen molar-refractivity contribution in [2.24, 2.45) is 22.7 Å². The average Bonchev–Trinajstić information content (AvgIpc) is 2.81. The molecule has 1 N–H and O–H groups in total. The maximum atomic E-state index is 5.52. The Morgan fingerprint density at radius 1 is 0.970 bits per heavy atom. The molecule has 1 aliphatic heterocycles. The van der Waals surface area contributed by atoms with Crippen LogP contribution < -0.4 is 10.1 Å². The summed E-state index contributed by atoms with van der Waals surface area (Å²) >= 11 is 0. The Hall–Kier alpha value is -2.29. The van der Waals surface area contributed by atoms with Crippen LogP contribution in [-0.4, -0.2) is 24.4 Å². The van der Waals surface area contributed by atoms with Crippen molar-refractivity contribution < 1.29 is 4.74 Å². The fourth-order valence-corrected chi connectivity index (χ4v) is 7.77. The van der Waals surface area contributed by atoms with Crippen LogP contribution in [0.25, 0.3) is 0 Å². The number of rotatable bonds is 7. The van der Waals surface area contributed by atoms with Gasteiger partial charge in [-0.05, 0) is 105 Å². The highest BCUT2D eigenvalue weighted by Gasteiger charge is 2.50. The van der Waals surface area contributed by atoms with Crippen LogP contribution in [0.3, 0.4) is 0 Å². The van der Waals surface area contributed by atoms with Crippen molar-refractivity contribution in [3.05, 3.63) is 59.2 Å². The van der Waals surface area contributed by atoms with E-state index in [-0.39, 0.29) is 0 Å². The molecule has 5 aliphatic rings. The number of methoxy groups -OCH3 is 1. The van der Waals surface area contributed by atoms with Crippen LogP contribution in [0.2, 0.25) is 0 Å². The van der Waals surface area contributed by atoms with E-state index in [2.05, 4.69) is 54.7 Å². The van der Waals surface area contributed by atoms with Gasteiger partial charge < -0.3 is 10.1 Å². The Kier molecular flexibility index (Phi) is 5.47. The molecule has 7 rings (SSSR count). The summed E-state index contributed by atoms with van der Waals surface area (Å²) in [6.45, 7) is 2.26. The second kappa shape index (κ2) is 8.49. The summed E-state index contributed by atoms with van der Waals surface area (Å²) in [7, 11) is 1.75. The topological polar surface area (TPSA) is 33.6 Å². The molecule has 4 bridgehead atoms. The van der Waals surface area contributed by atoms with Gasteiger partial charge in [0.15, 0.2) is 0 Å². The molecule has 0 radical (unpaired) electrons. The zero-order chi connectivity index (χ0) is 22.4. The third kappa shape index (κ3) is 4.09. The Balaban J connectivity index is 1.26. The van der Waals surface area contributed by atoms with Crippen molar-refractivity contribution in [2.75, 3.05) is 12.4 Å². The molecule has 0 spiro atoms. The fraction of sp³-hybridized carbons (Fsp3) is 0.567. The minimum Gasteiger partial charge on any atom is -0.497 e. The number of benzene rings is 2. The normalized spacial score (nSPS) is 31.8. The number of hydrogen-bond donors (Lipinski definition) is 1. The molecular weight excluding hydrogens is 404 g/mol. The van der Waals surface area contributed by atoms with Crippen molar-refractivity contribution in [2.45, 2.75) is 82.7 Å². The molecule has 0 aromatic heterocycles. The van der Waals surface area contributed by atoms with Crippen LogP contribution in [0.4, 0.5) is 5.69 Å². The first-order chi connectivity index (χ1) is 16.1. The van der Waals surface area contributed by atoms with Crippen molar-refractivity contribution in [1.29, 1.82) is 0 Å². The second-order valence-corrected chi connectivity index (χ2v) is 11.4. The van der Waals surface area contributed by atoms with E-state index in [0.29, 0.717) is 11.6 Å². The molecule has 33 heavy (non-hydrogen) atoms. The number of anilines is 1. The fourth-order valence-electron chi connectivity index (χ4n) is 7.77. The molecule has 3 heteroatoms. The Morgan fingerprint density at radius 3 is 2.30 bits per heavy atom. The van der Waals surface area contributed by atoms with Gasteiger partial charge in [-0.3, -0.25) is 4.99 Å². The summed E-state index contributed by atoms with van der Waals surface area (Å²) in [5.74, 6) is 3.84. The van der Waals surface area contributed by atoms with Crippen molar-refractivity contribution in [3.8, 4) is 5.75 Å². The van der Waals surface area contributed by atoms with Crippen LogP contribution >= 0.6 is 0 Å². The first kappa shape index (κ1) is 21.3. The van der Waals surface area contributed by atoms with Crippen molar-refractivity contribution >= 4 is 11.4 Å². The number of hydrogen-bond acceptors (Lipinski definition) is 3. The molecule has 1 atom stereocenters. The predicted molar refractivity (Wildman–Crippen MR) is 137 cm³/mol. The van der Waals surface area contributed by atoms with E-state index < -0.39 is 0 Å². The zero-order valence-corrected chi connectivity index (χ0v) is 20.3. The van der Waals surface area contributed by atoms with Crippen molar-refractivity contribution in [1.82, 2.24) is 0 Å². The van der Waals surface area contributed by atoms with Crippen LogP contribution in [-0.2, 0) is 6.42 Å². The molecule has 4 aliphatic carbocycles. The van der Waals surface area contributed by atoms with E-state index in [1.54, 1.807) is 7.11 Å². The number of nitrogens with zero attached hydrogens (tertiary/aromatic N) is 1. The summed E-state index contributed by atoms with van der Waals surface area (Å²) in [5, 5.41) is 4.03. The molecule has 0 saturated heterocycles. The van der Waals surface area contributed by atoms with Crippen LogP contribution in [0.15, 0.2) is 47.5 Å². The highest BCUT2D eigenvalue weighted by molar-refractivity contribution is 6.14. The van der Waals surface area contributed by atoms with Gasteiger partial charge in [-0.1, -0.05) is 31.9 Å². The lowest BCUT2D eigenvalue weighted by Crippen LogP contribution is -2.54. The monoisotopic (exact) mass is 442 g/mol. The van der Waals surface area contributed by atoms with Gasteiger partial charge >= 0.3 is 0 Å². The third-order valence-corrected chi connectivity index (χ3v) is 8.83. The van der Waals surface area contributed by atoms with Gasteiger partial charge in [0.1, 0.15) is 5.75 Å². The smallest absolute Gasteiger partial charge is 0.119 e. The summed E-state index contributed by atoms with van der Waals surface area (Å²) in [6, 6.07) is 16.0. The lowest BCUT2D eigenvalue weighted by Gasteiger charge is -2.57. The Bertz CT molecular complexity index is 1000. The van der Waals surface area contributed by atoms with E-state index in [9.17, 15) is 0 Å². The standard InChI is InChI=1S/C30H38N2O/c1-3-4-5-26-15-24-16-27(33-2)10-11-28(24)29(31-26)23-6-8-25(9-7-23)32-30-17-20-12-21(18-30)14-22(13-20)19-30/h6-11,16,20-22,26,32H,3-5,12-15,17-19H2,1-2H3/t20?,21?,22?,26-,30?/m0/s1. The van der Waals surface area contributed by atoms with E-state index >= 15 is 0 Å². The Morgan fingerprint density at radius 2 is 1.67 bits per heavy atom. The average molecular weight is 443 g/mol. The van der Waals surface area contributed by atoms with Gasteiger partial charge in [0, 0.05) is 22.4 Å². The predicted octanol–water partition coefficient (Wildman–Crippen LogP) is 7.03. The molecular formula is C30H38N2O. The maximum absolute atomic E-state index is 5.52. The zero-order valence-electron chi connectivity index (χ0n) is 20.3. The van der Waals surface area contributed by atoms with E-state index in [1.165, 1.54) is 73.7 Å². The van der Waals surface area contributed by atoms with Gasteiger partial charge in [-0.25, -0.2) is 0 Å². The third-order valence-electron chi connectivity index (χ3n) is 8.83. The first-order valence-corrected chi connectivity index (χ1v) is 13.3. The summed E-state index contributed by atoms with van der Waals surface area (Å²) < 4.78 is 5.52. The van der Waals surface area contributed by atoms with E-state index in [4.69, 9.17) is 9.73 Å². The largest absolute Gasteiger partial charge is 0.497 e. The van der Waals surface area contributed by atoms with Gasteiger partial charge in [0.2, 0.25) is 0 Å². The second-order valence-electron chi connectivity index (χ2n) is 11.4. The number of aliphatic imine (C=N–C) groups is 1. The maximum Gasteiger partial charge on any atom is 0.119 e. The molecule has 1 heterocycles. The number of nitrogens with one attached hydrogen (secondary N) is 1. The summed E-state index contributed by atoms with van der Waals surface area (Å²) in [4.78, 5) is 5.25. The molecule has 4 fully saturated rings. The number of ether oxygens (including phenoxy) is 1. The SMILES string of the molecule is CCCC[C@H]1Cc2cc(OC)ccc2C(c2ccc(NC34CC5CC(CC(C5)C3)C4)cc2)=N1. The highest BCUT2D eigenvalue weighted by atomic mass is 16.5. The van der Waals surface area contributed by atoms with Crippen LogP contribution in [0, 0.1) is 17.8 Å². The van der Waals surface area contributed by atoms with Crippen LogP contribution in [0.5, 0.6) is 5.75 Å². The highest BCUT2D eigenvalue weighted by Crippen LogP contribution is 2.56. The molecule has 2 aromatic carbocycles. The molecule has 174 valence electrons. The summed E-state index contributed by atoms with van der Waals surface area (Å²) in [6.07, 6.45) is 13.2. The Labute approximate surface area is 199 Å². The molecule has 4 saturated carbocycles. The minimum absolute atomic E-state index is 0.354. The summed E-state index contributed by atoms with van der Waals surface area (Å²) in [5.41, 5.74) is 6.67. The molecule has 0 amide bonds. The van der Waals surface area contributed by atoms with Gasteiger partial charge in [0.05, 0.1) is 18.9 Å². The lowest BCUT2D eigenvalue weighted by atomic mass is 9.53. The van der Waals surface area contributed by atoms with Gasteiger partial charge in [-0.2, -0.15) is 0 Å². The number of fused-ring (bicyclic) bond motifs is 1. The quantitative estimate of drug-likeness (QED) is 0.499. The molecule has 3 nitrogen and oxygen atoms in total. The van der Waals surface area contributed by atoms with Crippen molar-refractivity contribution in [3.63, 3.8) is 0 Å². The van der Waals surface area contributed by atoms with Crippen LogP contribution in [0.1, 0.15) is 81.4 Å². The van der Waals surface area contributed by atoms with Gasteiger partial charge in [-0.15, -0.1) is 0 Å². The molecule has 2 aromatic rings. The molecule has 0 unspecified atom stereocenters. The van der Waals surface area contributed by atoms with E-state index in [0.717, 1.165) is 42.1 Å².